The van der Waals surface area contributed by atoms with Crippen LogP contribution in [0.15, 0.2) is 30.5 Å². The number of nitriles is 1. The lowest BCUT2D eigenvalue weighted by Gasteiger charge is -2.15. The molecule has 0 fully saturated rings. The summed E-state index contributed by atoms with van der Waals surface area (Å²) in [5, 5.41) is 23.5. The number of aryl methyl sites for hydroxylation is 2. The number of ether oxygens (including phenoxy) is 2. The van der Waals surface area contributed by atoms with Gasteiger partial charge in [0.05, 0.1) is 31.0 Å². The van der Waals surface area contributed by atoms with Crippen molar-refractivity contribution in [2.45, 2.75) is 13.8 Å². The van der Waals surface area contributed by atoms with Crippen LogP contribution in [0.2, 0.25) is 0 Å². The molecule has 0 spiro atoms. The minimum atomic E-state index is 0.266. The number of aromatic hydroxyl groups is 1. The Bertz CT molecular complexity index is 1020. The zero-order chi connectivity index (χ0) is 18.8. The van der Waals surface area contributed by atoms with Gasteiger partial charge in [-0.2, -0.15) is 5.26 Å². The van der Waals surface area contributed by atoms with Crippen molar-refractivity contribution in [2.75, 3.05) is 19.5 Å². The van der Waals surface area contributed by atoms with Gasteiger partial charge in [0.1, 0.15) is 11.8 Å². The Kier molecular flexibility index (Phi) is 4.55. The highest BCUT2D eigenvalue weighted by molar-refractivity contribution is 5.97. The molecule has 0 aliphatic carbocycles. The lowest BCUT2D eigenvalue weighted by atomic mass is 10.1. The van der Waals surface area contributed by atoms with Crippen molar-refractivity contribution in [3.8, 4) is 23.3 Å². The maximum atomic E-state index is 9.97. The van der Waals surface area contributed by atoms with E-state index in [9.17, 15) is 10.4 Å². The molecule has 3 aromatic rings. The molecule has 6 nitrogen and oxygen atoms in total. The normalized spacial score (nSPS) is 10.4. The number of hydrogen-bond donors (Lipinski definition) is 2. The number of nitrogens with zero attached hydrogens (tertiary/aromatic N) is 2. The summed E-state index contributed by atoms with van der Waals surface area (Å²) < 4.78 is 10.7. The number of methoxy groups -OCH3 is 2. The maximum absolute atomic E-state index is 9.97. The average molecular weight is 349 g/mol. The van der Waals surface area contributed by atoms with Crippen LogP contribution in [0.4, 0.5) is 11.4 Å². The van der Waals surface area contributed by atoms with Crippen molar-refractivity contribution in [1.29, 1.82) is 5.26 Å². The van der Waals surface area contributed by atoms with Gasteiger partial charge in [-0.15, -0.1) is 0 Å². The Morgan fingerprint density at radius 1 is 1.04 bits per heavy atom. The number of nitrogens with one attached hydrogen (secondary N) is 1. The van der Waals surface area contributed by atoms with Gasteiger partial charge < -0.3 is 19.9 Å². The molecular formula is C20H19N3O3. The van der Waals surface area contributed by atoms with Crippen LogP contribution in [-0.2, 0) is 0 Å². The Labute approximate surface area is 151 Å². The number of hydrogen-bond acceptors (Lipinski definition) is 6. The first kappa shape index (κ1) is 17.4. The van der Waals surface area contributed by atoms with Crippen molar-refractivity contribution in [1.82, 2.24) is 4.98 Å². The second-order valence-electron chi connectivity index (χ2n) is 5.97. The van der Waals surface area contributed by atoms with Gasteiger partial charge in [0.15, 0.2) is 11.5 Å². The molecule has 1 aromatic heterocycles. The number of fused-ring (bicyclic) bond motifs is 1. The Balaban J connectivity index is 2.22. The van der Waals surface area contributed by atoms with Gasteiger partial charge in [0.2, 0.25) is 0 Å². The first-order valence-electron chi connectivity index (χ1n) is 8.00. The molecule has 0 saturated heterocycles. The molecule has 1 heterocycles. The minimum absolute atomic E-state index is 0.266. The van der Waals surface area contributed by atoms with Gasteiger partial charge in [-0.1, -0.05) is 0 Å². The lowest BCUT2D eigenvalue weighted by molar-refractivity contribution is 0.356. The van der Waals surface area contributed by atoms with E-state index in [4.69, 9.17) is 9.47 Å². The number of benzene rings is 2. The van der Waals surface area contributed by atoms with E-state index in [1.54, 1.807) is 26.4 Å². The molecule has 0 atom stereocenters. The molecule has 132 valence electrons. The number of phenolic OH excluding ortho intramolecular Hbond substituents is 1. The van der Waals surface area contributed by atoms with Crippen LogP contribution < -0.4 is 14.8 Å². The van der Waals surface area contributed by atoms with E-state index in [0.29, 0.717) is 28.3 Å². The highest BCUT2D eigenvalue weighted by atomic mass is 16.5. The van der Waals surface area contributed by atoms with Crippen LogP contribution in [0.5, 0.6) is 17.2 Å². The molecule has 0 unspecified atom stereocenters. The van der Waals surface area contributed by atoms with E-state index < -0.39 is 0 Å². The second kappa shape index (κ2) is 6.81. The SMILES string of the molecule is COc1cc2ncc(C#N)c(Nc3cc(C)c(O)c(C)c3)c2cc1OC. The van der Waals surface area contributed by atoms with E-state index in [-0.39, 0.29) is 5.75 Å². The highest BCUT2D eigenvalue weighted by Gasteiger charge is 2.14. The van der Waals surface area contributed by atoms with Crippen molar-refractivity contribution in [3.05, 3.63) is 47.2 Å². The Morgan fingerprint density at radius 3 is 2.23 bits per heavy atom. The smallest absolute Gasteiger partial charge is 0.162 e. The van der Waals surface area contributed by atoms with E-state index >= 15 is 0 Å². The first-order valence-corrected chi connectivity index (χ1v) is 8.00. The van der Waals surface area contributed by atoms with Gasteiger partial charge in [-0.3, -0.25) is 4.98 Å². The summed E-state index contributed by atoms with van der Waals surface area (Å²) in [6.45, 7) is 3.66. The highest BCUT2D eigenvalue weighted by Crippen LogP contribution is 2.37. The van der Waals surface area contributed by atoms with Crippen LogP contribution in [0.25, 0.3) is 10.9 Å². The molecule has 26 heavy (non-hydrogen) atoms. The van der Waals surface area contributed by atoms with Gasteiger partial charge in [-0.25, -0.2) is 0 Å². The summed E-state index contributed by atoms with van der Waals surface area (Å²) in [5.41, 5.74) is 4.00. The van der Waals surface area contributed by atoms with Gasteiger partial charge in [-0.05, 0) is 43.2 Å². The predicted molar refractivity (Wildman–Crippen MR) is 100 cm³/mol. The van der Waals surface area contributed by atoms with E-state index in [1.807, 2.05) is 26.0 Å². The van der Waals surface area contributed by atoms with Crippen LogP contribution in [0.3, 0.4) is 0 Å². The van der Waals surface area contributed by atoms with Crippen molar-refractivity contribution in [2.24, 2.45) is 0 Å². The fourth-order valence-electron chi connectivity index (χ4n) is 2.91. The van der Waals surface area contributed by atoms with E-state index in [0.717, 1.165) is 22.2 Å². The third-order valence-corrected chi connectivity index (χ3v) is 4.25. The Hall–Kier alpha value is -3.46. The molecule has 0 amide bonds. The summed E-state index contributed by atoms with van der Waals surface area (Å²) in [7, 11) is 3.12. The lowest BCUT2D eigenvalue weighted by Crippen LogP contribution is -1.99. The zero-order valence-corrected chi connectivity index (χ0v) is 15.0. The predicted octanol–water partition coefficient (Wildman–Crippen LogP) is 4.19. The van der Waals surface area contributed by atoms with Crippen molar-refractivity contribution >= 4 is 22.3 Å². The summed E-state index contributed by atoms with van der Waals surface area (Å²) in [4.78, 5) is 4.35. The maximum Gasteiger partial charge on any atom is 0.162 e. The van der Waals surface area contributed by atoms with Gasteiger partial charge in [0.25, 0.3) is 0 Å². The third-order valence-electron chi connectivity index (χ3n) is 4.25. The standard InChI is InChI=1S/C20H19N3O3/c1-11-5-14(6-12(2)20(11)24)23-19-13(9-21)10-22-16-8-18(26-4)17(25-3)7-15(16)19/h5-8,10,24H,1-4H3,(H,22,23). The first-order chi connectivity index (χ1) is 12.5. The topological polar surface area (TPSA) is 87.4 Å². The van der Waals surface area contributed by atoms with Crippen LogP contribution in [0.1, 0.15) is 16.7 Å². The molecule has 2 aromatic carbocycles. The summed E-state index contributed by atoms with van der Waals surface area (Å²) >= 11 is 0. The van der Waals surface area contributed by atoms with Crippen LogP contribution >= 0.6 is 0 Å². The molecule has 6 heteroatoms. The molecule has 0 radical (unpaired) electrons. The van der Waals surface area contributed by atoms with Gasteiger partial charge >= 0.3 is 0 Å². The molecule has 0 bridgehead atoms. The molecule has 2 N–H and O–H groups in total. The third kappa shape index (κ3) is 2.95. The molecule has 0 aliphatic heterocycles. The fraction of sp³-hybridized carbons (Fsp3) is 0.200. The summed E-state index contributed by atoms with van der Waals surface area (Å²) in [5.74, 6) is 1.39. The van der Waals surface area contributed by atoms with E-state index in [1.165, 1.54) is 6.20 Å². The second-order valence-corrected chi connectivity index (χ2v) is 5.97. The average Bonchev–Trinajstić information content (AvgIpc) is 2.65. The monoisotopic (exact) mass is 349 g/mol. The number of aromatic nitrogens is 1. The van der Waals surface area contributed by atoms with Crippen molar-refractivity contribution in [3.63, 3.8) is 0 Å². The molecule has 0 aliphatic rings. The largest absolute Gasteiger partial charge is 0.507 e. The molecule has 0 saturated carbocycles. The number of anilines is 2. The number of phenols is 1. The van der Waals surface area contributed by atoms with Gasteiger partial charge in [0, 0.05) is 23.3 Å². The minimum Gasteiger partial charge on any atom is -0.507 e. The summed E-state index contributed by atoms with van der Waals surface area (Å²) in [6.07, 6.45) is 1.52. The fourth-order valence-corrected chi connectivity index (χ4v) is 2.91. The zero-order valence-electron chi connectivity index (χ0n) is 15.0. The van der Waals surface area contributed by atoms with Crippen LogP contribution in [-0.4, -0.2) is 24.3 Å². The number of pyridine rings is 1. The van der Waals surface area contributed by atoms with Crippen LogP contribution in [0, 0.1) is 25.2 Å². The quantitative estimate of drug-likeness (QED) is 0.687. The molecule has 3 rings (SSSR count). The van der Waals surface area contributed by atoms with E-state index in [2.05, 4.69) is 16.4 Å². The number of rotatable bonds is 4. The molecular weight excluding hydrogens is 330 g/mol. The van der Waals surface area contributed by atoms with Crippen molar-refractivity contribution < 1.29 is 14.6 Å². The summed E-state index contributed by atoms with van der Waals surface area (Å²) in [6, 6.07) is 9.40. The Morgan fingerprint density at radius 2 is 1.65 bits per heavy atom.